The standard InChI is InChI=1S/C18H32O16/c19-1-4-7(20)11(24)14(27)17(33-4)31-3-6-9(22)12(25)15(28)18(34-6)30-2-5-8(21)10(23)13(26)16(29)32-5/h4-29H,1-3H2/t4-,5-,6-,7+,8+,9+,10+,11+,12+,13-,14-,15-,16-,17+,18-/m1/s1. The van der Waals surface area contributed by atoms with Gasteiger partial charge in [-0.25, -0.2) is 0 Å². The lowest BCUT2D eigenvalue weighted by atomic mass is 9.98. The highest BCUT2D eigenvalue weighted by Gasteiger charge is 2.48. The van der Waals surface area contributed by atoms with E-state index in [9.17, 15) is 56.2 Å². The largest absolute Gasteiger partial charge is 0.394 e. The van der Waals surface area contributed by atoms with Crippen molar-refractivity contribution < 1.29 is 79.9 Å². The van der Waals surface area contributed by atoms with E-state index < -0.39 is 112 Å². The van der Waals surface area contributed by atoms with Gasteiger partial charge < -0.3 is 79.9 Å². The molecule has 16 nitrogen and oxygen atoms in total. The Morgan fingerprint density at radius 1 is 0.441 bits per heavy atom. The quantitative estimate of drug-likeness (QED) is 0.154. The van der Waals surface area contributed by atoms with Crippen LogP contribution in [0.3, 0.4) is 0 Å². The maximum Gasteiger partial charge on any atom is 0.186 e. The molecule has 0 aromatic carbocycles. The molecule has 15 atom stereocenters. The summed E-state index contributed by atoms with van der Waals surface area (Å²) in [4.78, 5) is 0. The van der Waals surface area contributed by atoms with Crippen LogP contribution >= 0.6 is 0 Å². The van der Waals surface area contributed by atoms with Crippen molar-refractivity contribution in [1.82, 2.24) is 0 Å². The Bertz CT molecular complexity index is 639. The highest BCUT2D eigenvalue weighted by atomic mass is 16.7. The molecule has 3 aliphatic heterocycles. The van der Waals surface area contributed by atoms with Gasteiger partial charge in [-0.05, 0) is 0 Å². The maximum atomic E-state index is 10.2. The minimum Gasteiger partial charge on any atom is -0.394 e. The summed E-state index contributed by atoms with van der Waals surface area (Å²) in [6.45, 7) is -1.84. The second-order valence-electron chi connectivity index (χ2n) is 8.42. The number of aliphatic hydroxyl groups excluding tert-OH is 11. The monoisotopic (exact) mass is 504 g/mol. The lowest BCUT2D eigenvalue weighted by molar-refractivity contribution is -0.340. The minimum absolute atomic E-state index is 0.570. The molecule has 11 N–H and O–H groups in total. The van der Waals surface area contributed by atoms with E-state index in [4.69, 9.17) is 23.7 Å². The Hall–Kier alpha value is -0.640. The second kappa shape index (κ2) is 11.6. The molecule has 0 radical (unpaired) electrons. The zero-order valence-electron chi connectivity index (χ0n) is 17.7. The van der Waals surface area contributed by atoms with Crippen molar-refractivity contribution in [2.75, 3.05) is 19.8 Å². The van der Waals surface area contributed by atoms with Gasteiger partial charge in [-0.15, -0.1) is 0 Å². The molecule has 3 heterocycles. The summed E-state index contributed by atoms with van der Waals surface area (Å²) in [5.41, 5.74) is 0. The summed E-state index contributed by atoms with van der Waals surface area (Å²) in [7, 11) is 0. The molecule has 0 amide bonds. The van der Waals surface area contributed by atoms with Crippen LogP contribution in [-0.2, 0) is 23.7 Å². The summed E-state index contributed by atoms with van der Waals surface area (Å²) in [6, 6.07) is 0. The maximum absolute atomic E-state index is 10.2. The van der Waals surface area contributed by atoms with Crippen LogP contribution in [0.1, 0.15) is 0 Å². The van der Waals surface area contributed by atoms with Gasteiger partial charge in [-0.3, -0.25) is 0 Å². The van der Waals surface area contributed by atoms with E-state index in [-0.39, 0.29) is 0 Å². The smallest absolute Gasteiger partial charge is 0.186 e. The fraction of sp³-hybridized carbons (Fsp3) is 1.00. The average molecular weight is 504 g/mol. The first-order valence-corrected chi connectivity index (χ1v) is 10.6. The van der Waals surface area contributed by atoms with Crippen molar-refractivity contribution in [2.24, 2.45) is 0 Å². The van der Waals surface area contributed by atoms with Gasteiger partial charge in [0.1, 0.15) is 73.2 Å². The fourth-order valence-electron chi connectivity index (χ4n) is 3.84. The van der Waals surface area contributed by atoms with Gasteiger partial charge in [0.25, 0.3) is 0 Å². The average Bonchev–Trinajstić information content (AvgIpc) is 2.82. The molecule has 0 aliphatic carbocycles. The third-order valence-corrected chi connectivity index (χ3v) is 6.05. The highest BCUT2D eigenvalue weighted by molar-refractivity contribution is 4.92. The first-order chi connectivity index (χ1) is 16.0. The topological polar surface area (TPSA) is 269 Å². The zero-order valence-corrected chi connectivity index (χ0v) is 17.7. The second-order valence-corrected chi connectivity index (χ2v) is 8.42. The molecule has 0 aromatic heterocycles. The summed E-state index contributed by atoms with van der Waals surface area (Å²) in [5.74, 6) is 0. The Kier molecular flexibility index (Phi) is 9.54. The molecule has 3 rings (SSSR count). The number of ether oxygens (including phenoxy) is 5. The summed E-state index contributed by atoms with van der Waals surface area (Å²) in [5, 5.41) is 108. The zero-order chi connectivity index (χ0) is 25.3. The summed E-state index contributed by atoms with van der Waals surface area (Å²) in [6.07, 6.45) is -24.4. The van der Waals surface area contributed by atoms with Crippen molar-refractivity contribution >= 4 is 0 Å². The predicted molar refractivity (Wildman–Crippen MR) is 101 cm³/mol. The van der Waals surface area contributed by atoms with Crippen molar-refractivity contribution in [1.29, 1.82) is 0 Å². The van der Waals surface area contributed by atoms with E-state index in [1.54, 1.807) is 0 Å². The molecule has 200 valence electrons. The molecular weight excluding hydrogens is 472 g/mol. The number of aliphatic hydroxyl groups is 11. The van der Waals surface area contributed by atoms with Crippen LogP contribution in [0.15, 0.2) is 0 Å². The molecule has 0 unspecified atom stereocenters. The Balaban J connectivity index is 1.58. The van der Waals surface area contributed by atoms with Crippen LogP contribution in [0.5, 0.6) is 0 Å². The molecule has 34 heavy (non-hydrogen) atoms. The van der Waals surface area contributed by atoms with Gasteiger partial charge in [0.05, 0.1) is 19.8 Å². The molecule has 3 saturated heterocycles. The van der Waals surface area contributed by atoms with Crippen molar-refractivity contribution in [2.45, 2.75) is 92.1 Å². The third-order valence-electron chi connectivity index (χ3n) is 6.05. The van der Waals surface area contributed by atoms with Gasteiger partial charge in [-0.1, -0.05) is 0 Å². The van der Waals surface area contributed by atoms with Crippen LogP contribution in [0, 0.1) is 0 Å². The molecule has 3 fully saturated rings. The highest BCUT2D eigenvalue weighted by Crippen LogP contribution is 2.27. The number of hydrogen-bond donors (Lipinski definition) is 11. The number of rotatable bonds is 7. The predicted octanol–water partition coefficient (Wildman–Crippen LogP) is -7.57. The Morgan fingerprint density at radius 2 is 0.824 bits per heavy atom. The van der Waals surface area contributed by atoms with Crippen LogP contribution in [0.2, 0.25) is 0 Å². The van der Waals surface area contributed by atoms with E-state index in [0.717, 1.165) is 0 Å². The van der Waals surface area contributed by atoms with Crippen LogP contribution in [-0.4, -0.2) is 168 Å². The fourth-order valence-corrected chi connectivity index (χ4v) is 3.84. The van der Waals surface area contributed by atoms with Crippen LogP contribution in [0.4, 0.5) is 0 Å². The molecule has 0 bridgehead atoms. The van der Waals surface area contributed by atoms with Gasteiger partial charge in [-0.2, -0.15) is 0 Å². The van der Waals surface area contributed by atoms with Gasteiger partial charge >= 0.3 is 0 Å². The first-order valence-electron chi connectivity index (χ1n) is 10.6. The van der Waals surface area contributed by atoms with Crippen molar-refractivity contribution in [3.63, 3.8) is 0 Å². The van der Waals surface area contributed by atoms with E-state index in [1.807, 2.05) is 0 Å². The SMILES string of the molecule is OC[C@H]1O[C@H](OC[C@H]2O[C@@H](OC[C@H]3O[C@@H](O)[C@H](O)[C@@H](O)[C@H]3O)[C@H](O)[C@@H](O)[C@H]2O)[C@H](O)[C@@H](O)[C@H]1O. The molecule has 0 saturated carbocycles. The van der Waals surface area contributed by atoms with E-state index in [2.05, 4.69) is 0 Å². The lowest BCUT2D eigenvalue weighted by Gasteiger charge is -2.43. The molecule has 0 spiro atoms. The normalized spacial score (nSPS) is 52.5. The van der Waals surface area contributed by atoms with Crippen molar-refractivity contribution in [3.05, 3.63) is 0 Å². The lowest BCUT2D eigenvalue weighted by Crippen LogP contribution is -2.62. The molecular formula is C18H32O16. The Labute approximate surface area is 192 Å². The Morgan fingerprint density at radius 3 is 1.29 bits per heavy atom. The molecule has 0 aromatic rings. The van der Waals surface area contributed by atoms with Gasteiger partial charge in [0, 0.05) is 0 Å². The third kappa shape index (κ3) is 5.68. The number of hydrogen-bond acceptors (Lipinski definition) is 16. The van der Waals surface area contributed by atoms with Gasteiger partial charge in [0.15, 0.2) is 18.9 Å². The van der Waals surface area contributed by atoms with E-state index in [1.165, 1.54) is 0 Å². The first kappa shape index (κ1) is 27.9. The van der Waals surface area contributed by atoms with E-state index >= 15 is 0 Å². The molecule has 16 heteroatoms. The van der Waals surface area contributed by atoms with E-state index in [0.29, 0.717) is 0 Å². The summed E-state index contributed by atoms with van der Waals surface area (Å²) < 4.78 is 26.1. The van der Waals surface area contributed by atoms with Crippen LogP contribution < -0.4 is 0 Å². The van der Waals surface area contributed by atoms with Gasteiger partial charge in [0.2, 0.25) is 0 Å². The minimum atomic E-state index is -1.82. The van der Waals surface area contributed by atoms with Crippen molar-refractivity contribution in [3.8, 4) is 0 Å². The molecule has 3 aliphatic rings. The van der Waals surface area contributed by atoms with Crippen LogP contribution in [0.25, 0.3) is 0 Å². The summed E-state index contributed by atoms with van der Waals surface area (Å²) >= 11 is 0.